The highest BCUT2D eigenvalue weighted by Crippen LogP contribution is 2.22. The van der Waals surface area contributed by atoms with Crippen LogP contribution in [0.4, 0.5) is 11.6 Å². The zero-order valence-corrected chi connectivity index (χ0v) is 12.0. The average Bonchev–Trinajstić information content (AvgIpc) is 2.28. The van der Waals surface area contributed by atoms with E-state index in [1.54, 1.807) is 7.11 Å². The predicted octanol–water partition coefficient (Wildman–Crippen LogP) is 1.83. The summed E-state index contributed by atoms with van der Waals surface area (Å²) in [6.45, 7) is 10.7. The molecule has 0 aliphatic carbocycles. The Morgan fingerprint density at radius 3 is 2.50 bits per heavy atom. The van der Waals surface area contributed by atoms with E-state index >= 15 is 0 Å². The first-order valence-corrected chi connectivity index (χ1v) is 6.27. The molecule has 2 N–H and O–H groups in total. The third-order valence-corrected chi connectivity index (χ3v) is 2.67. The van der Waals surface area contributed by atoms with Crippen LogP contribution < -0.4 is 10.6 Å². The molecule has 102 valence electrons. The van der Waals surface area contributed by atoms with Crippen LogP contribution in [0, 0.1) is 0 Å². The molecule has 0 bridgehead atoms. The van der Waals surface area contributed by atoms with Gasteiger partial charge in [-0.1, -0.05) is 20.8 Å². The molecule has 0 aliphatic heterocycles. The maximum atomic E-state index is 5.87. The van der Waals surface area contributed by atoms with Gasteiger partial charge in [0.05, 0.1) is 6.61 Å². The minimum absolute atomic E-state index is 0.106. The Kier molecular flexibility index (Phi) is 4.90. The summed E-state index contributed by atoms with van der Waals surface area (Å²) in [5, 5.41) is 0. The Morgan fingerprint density at radius 2 is 2.00 bits per heavy atom. The van der Waals surface area contributed by atoms with Gasteiger partial charge in [-0.05, 0) is 6.92 Å². The fourth-order valence-electron chi connectivity index (χ4n) is 1.59. The monoisotopic (exact) mass is 252 g/mol. The molecule has 1 rings (SSSR count). The van der Waals surface area contributed by atoms with Gasteiger partial charge < -0.3 is 15.4 Å². The van der Waals surface area contributed by atoms with Crippen molar-refractivity contribution in [3.05, 3.63) is 11.9 Å². The Morgan fingerprint density at radius 1 is 1.33 bits per heavy atom. The highest BCUT2D eigenvalue weighted by molar-refractivity contribution is 5.47. The molecule has 5 heteroatoms. The molecule has 0 aliphatic rings. The number of rotatable bonds is 5. The fourth-order valence-corrected chi connectivity index (χ4v) is 1.59. The number of anilines is 2. The number of nitrogens with two attached hydrogens (primary N) is 1. The second-order valence-corrected chi connectivity index (χ2v) is 5.30. The van der Waals surface area contributed by atoms with Crippen molar-refractivity contribution >= 4 is 11.6 Å². The molecule has 0 aromatic carbocycles. The second kappa shape index (κ2) is 6.00. The minimum Gasteiger partial charge on any atom is -0.384 e. The van der Waals surface area contributed by atoms with Gasteiger partial charge in [0.25, 0.3) is 0 Å². The molecule has 18 heavy (non-hydrogen) atoms. The maximum Gasteiger partial charge on any atom is 0.138 e. The summed E-state index contributed by atoms with van der Waals surface area (Å²) in [7, 11) is 1.70. The minimum atomic E-state index is -0.106. The van der Waals surface area contributed by atoms with Crippen molar-refractivity contribution in [2.24, 2.45) is 0 Å². The van der Waals surface area contributed by atoms with E-state index in [0.29, 0.717) is 12.4 Å². The van der Waals surface area contributed by atoms with Crippen molar-refractivity contribution < 1.29 is 4.74 Å². The normalized spacial score (nSPS) is 11.6. The van der Waals surface area contributed by atoms with Crippen LogP contribution in [-0.2, 0) is 10.2 Å². The number of ether oxygens (including phenoxy) is 1. The molecule has 0 fully saturated rings. The molecule has 1 aromatic rings. The summed E-state index contributed by atoms with van der Waals surface area (Å²) >= 11 is 0. The van der Waals surface area contributed by atoms with Crippen molar-refractivity contribution in [1.82, 2.24) is 9.97 Å². The third-order valence-electron chi connectivity index (χ3n) is 2.67. The Labute approximate surface area is 109 Å². The van der Waals surface area contributed by atoms with E-state index in [2.05, 4.69) is 42.6 Å². The van der Waals surface area contributed by atoms with Crippen molar-refractivity contribution in [3.8, 4) is 0 Å². The lowest BCUT2D eigenvalue weighted by Crippen LogP contribution is -2.29. The number of nitrogens with zero attached hydrogens (tertiary/aromatic N) is 3. The van der Waals surface area contributed by atoms with Crippen LogP contribution in [-0.4, -0.2) is 36.8 Å². The molecule has 0 spiro atoms. The number of methoxy groups -OCH3 is 1. The van der Waals surface area contributed by atoms with E-state index in [4.69, 9.17) is 10.5 Å². The number of hydrogen-bond acceptors (Lipinski definition) is 5. The van der Waals surface area contributed by atoms with Gasteiger partial charge in [-0.15, -0.1) is 0 Å². The number of nitrogen functional groups attached to an aromatic ring is 1. The average molecular weight is 252 g/mol. The highest BCUT2D eigenvalue weighted by atomic mass is 16.5. The smallest absolute Gasteiger partial charge is 0.138 e. The lowest BCUT2D eigenvalue weighted by atomic mass is 9.96. The molecule has 0 radical (unpaired) electrons. The first-order valence-electron chi connectivity index (χ1n) is 6.27. The summed E-state index contributed by atoms with van der Waals surface area (Å²) in [6, 6.07) is 1.81. The highest BCUT2D eigenvalue weighted by Gasteiger charge is 2.19. The lowest BCUT2D eigenvalue weighted by Gasteiger charge is -2.24. The topological polar surface area (TPSA) is 64.3 Å². The molecule has 0 unspecified atom stereocenters. The molecule has 1 heterocycles. The van der Waals surface area contributed by atoms with Crippen molar-refractivity contribution in [3.63, 3.8) is 0 Å². The van der Waals surface area contributed by atoms with Gasteiger partial charge in [0.2, 0.25) is 0 Å². The summed E-state index contributed by atoms with van der Waals surface area (Å²) in [5.41, 5.74) is 5.76. The van der Waals surface area contributed by atoms with Crippen molar-refractivity contribution in [2.75, 3.05) is 37.4 Å². The van der Waals surface area contributed by atoms with E-state index in [-0.39, 0.29) is 5.41 Å². The Bertz CT molecular complexity index is 387. The summed E-state index contributed by atoms with van der Waals surface area (Å²) in [5.74, 6) is 2.15. The van der Waals surface area contributed by atoms with Gasteiger partial charge in [-0.3, -0.25) is 0 Å². The van der Waals surface area contributed by atoms with Crippen LogP contribution in [0.15, 0.2) is 6.07 Å². The Hall–Kier alpha value is -1.36. The first kappa shape index (κ1) is 14.7. The van der Waals surface area contributed by atoms with Crippen LogP contribution >= 0.6 is 0 Å². The number of hydrogen-bond donors (Lipinski definition) is 1. The SMILES string of the molecule is CCN(CCOC)c1cc(N)nc(C(C)(C)C)n1. The van der Waals surface area contributed by atoms with Crippen LogP contribution in [0.1, 0.15) is 33.5 Å². The molecule has 5 nitrogen and oxygen atoms in total. The molecule has 0 saturated carbocycles. The molecule has 0 atom stereocenters. The summed E-state index contributed by atoms with van der Waals surface area (Å²) in [4.78, 5) is 11.1. The van der Waals surface area contributed by atoms with Crippen LogP contribution in [0.3, 0.4) is 0 Å². The van der Waals surface area contributed by atoms with Gasteiger partial charge in [0.15, 0.2) is 0 Å². The van der Waals surface area contributed by atoms with E-state index in [9.17, 15) is 0 Å². The van der Waals surface area contributed by atoms with Gasteiger partial charge in [0, 0.05) is 31.7 Å². The van der Waals surface area contributed by atoms with Crippen LogP contribution in [0.25, 0.3) is 0 Å². The van der Waals surface area contributed by atoms with Gasteiger partial charge in [-0.25, -0.2) is 9.97 Å². The predicted molar refractivity (Wildman–Crippen MR) is 74.9 cm³/mol. The summed E-state index contributed by atoms with van der Waals surface area (Å²) in [6.07, 6.45) is 0. The standard InChI is InChI=1S/C13H24N4O/c1-6-17(7-8-18-5)11-9-10(14)15-12(16-11)13(2,3)4/h9H,6-8H2,1-5H3,(H2,14,15,16). The molecular formula is C13H24N4O. The molecule has 0 saturated heterocycles. The third kappa shape index (κ3) is 3.84. The Balaban J connectivity index is 3.04. The fraction of sp³-hybridized carbons (Fsp3) is 0.692. The largest absolute Gasteiger partial charge is 0.384 e. The quantitative estimate of drug-likeness (QED) is 0.866. The molecule has 0 amide bonds. The van der Waals surface area contributed by atoms with Gasteiger partial charge in [-0.2, -0.15) is 0 Å². The van der Waals surface area contributed by atoms with Crippen LogP contribution in [0.2, 0.25) is 0 Å². The first-order chi connectivity index (χ1) is 8.38. The summed E-state index contributed by atoms with van der Waals surface area (Å²) < 4.78 is 5.11. The van der Waals surface area contributed by atoms with Gasteiger partial charge >= 0.3 is 0 Å². The van der Waals surface area contributed by atoms with E-state index < -0.39 is 0 Å². The van der Waals surface area contributed by atoms with E-state index in [1.807, 2.05) is 6.07 Å². The van der Waals surface area contributed by atoms with Crippen molar-refractivity contribution in [2.45, 2.75) is 33.1 Å². The molecule has 1 aromatic heterocycles. The van der Waals surface area contributed by atoms with E-state index in [0.717, 1.165) is 24.7 Å². The number of aromatic nitrogens is 2. The van der Waals surface area contributed by atoms with Crippen molar-refractivity contribution in [1.29, 1.82) is 0 Å². The van der Waals surface area contributed by atoms with E-state index in [1.165, 1.54) is 0 Å². The zero-order chi connectivity index (χ0) is 13.8. The number of likely N-dealkylation sites (N-methyl/N-ethyl adjacent to an activating group) is 1. The second-order valence-electron chi connectivity index (χ2n) is 5.30. The zero-order valence-electron chi connectivity index (χ0n) is 12.0. The maximum absolute atomic E-state index is 5.87. The van der Waals surface area contributed by atoms with Gasteiger partial charge in [0.1, 0.15) is 17.5 Å². The lowest BCUT2D eigenvalue weighted by molar-refractivity contribution is 0.205. The van der Waals surface area contributed by atoms with Crippen LogP contribution in [0.5, 0.6) is 0 Å². The molecular weight excluding hydrogens is 228 g/mol.